The third-order valence-corrected chi connectivity index (χ3v) is 3.93. The van der Waals surface area contributed by atoms with E-state index in [1.54, 1.807) is 0 Å². The van der Waals surface area contributed by atoms with Crippen molar-refractivity contribution in [2.45, 2.75) is 38.1 Å². The van der Waals surface area contributed by atoms with Crippen molar-refractivity contribution in [2.75, 3.05) is 37.6 Å². The van der Waals surface area contributed by atoms with E-state index >= 15 is 0 Å². The summed E-state index contributed by atoms with van der Waals surface area (Å²) >= 11 is 0. The smallest absolute Gasteiger partial charge is 0.150 e. The lowest BCUT2D eigenvalue weighted by Crippen LogP contribution is -2.53. The monoisotopic (exact) mass is 299 g/mol. The van der Waals surface area contributed by atoms with Gasteiger partial charge in [-0.1, -0.05) is 0 Å². The van der Waals surface area contributed by atoms with Gasteiger partial charge in [-0.2, -0.15) is 5.10 Å². The van der Waals surface area contributed by atoms with E-state index < -0.39 is 0 Å². The fourth-order valence-electron chi connectivity index (χ4n) is 2.80. The van der Waals surface area contributed by atoms with E-state index in [9.17, 15) is 0 Å². The van der Waals surface area contributed by atoms with Gasteiger partial charge in [0.2, 0.25) is 0 Å². The van der Waals surface area contributed by atoms with Crippen molar-refractivity contribution in [2.24, 2.45) is 5.73 Å². The quantitative estimate of drug-likeness (QED) is 0.886. The minimum Gasteiger partial charge on any atom is -0.353 e. The minimum atomic E-state index is -0.104. The lowest BCUT2D eigenvalue weighted by atomic mass is 10.1. The van der Waals surface area contributed by atoms with Gasteiger partial charge in [0.1, 0.15) is 0 Å². The molecule has 1 aromatic rings. The molecule has 20 heavy (non-hydrogen) atoms. The Labute approximate surface area is 127 Å². The zero-order valence-electron chi connectivity index (χ0n) is 12.4. The summed E-state index contributed by atoms with van der Waals surface area (Å²) in [6.45, 7) is 9.40. The number of nitrogens with one attached hydrogen (secondary N) is 1. The topological polar surface area (TPSA) is 61.2 Å². The third kappa shape index (κ3) is 3.87. The Morgan fingerprint density at radius 3 is 2.50 bits per heavy atom. The summed E-state index contributed by atoms with van der Waals surface area (Å²) in [6, 6.07) is 2.24. The Morgan fingerprint density at radius 1 is 1.30 bits per heavy atom. The van der Waals surface area contributed by atoms with Crippen LogP contribution in [0.1, 0.15) is 38.3 Å². The highest BCUT2D eigenvalue weighted by atomic mass is 35.5. The molecule has 1 saturated heterocycles. The average Bonchev–Trinajstić information content (AvgIpc) is 3.07. The number of rotatable bonds is 4. The first-order valence-electron chi connectivity index (χ1n) is 7.33. The molecule has 1 saturated carbocycles. The maximum absolute atomic E-state index is 6.08. The van der Waals surface area contributed by atoms with Crippen molar-refractivity contribution in [1.29, 1.82) is 0 Å². The second-order valence-corrected chi connectivity index (χ2v) is 6.71. The number of piperazine rings is 1. The van der Waals surface area contributed by atoms with E-state index in [4.69, 9.17) is 5.73 Å². The van der Waals surface area contributed by atoms with Crippen molar-refractivity contribution in [3.05, 3.63) is 11.8 Å². The molecule has 0 radical (unpaired) electrons. The molecule has 0 aromatic carbocycles. The van der Waals surface area contributed by atoms with Crippen LogP contribution in [0.2, 0.25) is 0 Å². The number of H-pyrrole nitrogens is 1. The third-order valence-electron chi connectivity index (χ3n) is 3.93. The molecular weight excluding hydrogens is 274 g/mol. The van der Waals surface area contributed by atoms with Crippen LogP contribution in [0.3, 0.4) is 0 Å². The van der Waals surface area contributed by atoms with Crippen molar-refractivity contribution in [3.8, 4) is 0 Å². The molecule has 2 heterocycles. The highest BCUT2D eigenvalue weighted by molar-refractivity contribution is 5.85. The van der Waals surface area contributed by atoms with Gasteiger partial charge in [0.25, 0.3) is 0 Å². The molecule has 2 fully saturated rings. The number of anilines is 1. The number of halogens is 1. The van der Waals surface area contributed by atoms with Gasteiger partial charge in [-0.05, 0) is 26.7 Å². The standard InChI is InChI=1S/C14H25N5.ClH/c1-14(2,15)10-18-5-7-19(8-6-18)13-9-12(16-17-13)11-3-4-11;/h9,11H,3-8,10,15H2,1-2H3,(H,16,17);1H. The van der Waals surface area contributed by atoms with Crippen LogP contribution >= 0.6 is 12.4 Å². The van der Waals surface area contributed by atoms with E-state index in [1.165, 1.54) is 18.5 Å². The highest BCUT2D eigenvalue weighted by Gasteiger charge is 2.27. The molecule has 0 unspecified atom stereocenters. The van der Waals surface area contributed by atoms with Crippen molar-refractivity contribution >= 4 is 18.2 Å². The van der Waals surface area contributed by atoms with E-state index in [-0.39, 0.29) is 17.9 Å². The molecule has 0 amide bonds. The maximum Gasteiger partial charge on any atom is 0.150 e. The Kier molecular flexibility index (Phi) is 4.62. The number of hydrogen-bond acceptors (Lipinski definition) is 4. The molecule has 0 spiro atoms. The summed E-state index contributed by atoms with van der Waals surface area (Å²) in [5.74, 6) is 1.87. The number of aromatic amines is 1. The van der Waals surface area contributed by atoms with Gasteiger partial charge in [0.15, 0.2) is 5.82 Å². The molecule has 114 valence electrons. The summed E-state index contributed by atoms with van der Waals surface area (Å²) in [6.07, 6.45) is 2.64. The van der Waals surface area contributed by atoms with Gasteiger partial charge in [0, 0.05) is 55.9 Å². The summed E-state index contributed by atoms with van der Waals surface area (Å²) in [7, 11) is 0. The van der Waals surface area contributed by atoms with Gasteiger partial charge >= 0.3 is 0 Å². The second-order valence-electron chi connectivity index (χ2n) is 6.71. The first kappa shape index (κ1) is 15.6. The molecule has 1 aliphatic carbocycles. The predicted molar refractivity (Wildman–Crippen MR) is 84.7 cm³/mol. The van der Waals surface area contributed by atoms with Crippen LogP contribution in [0.25, 0.3) is 0 Å². The number of nitrogens with zero attached hydrogens (tertiary/aromatic N) is 3. The van der Waals surface area contributed by atoms with Crippen molar-refractivity contribution in [1.82, 2.24) is 15.1 Å². The molecule has 0 bridgehead atoms. The SMILES string of the molecule is CC(C)(N)CN1CCN(c2cc(C3CC3)[nH]n2)CC1.Cl. The van der Waals surface area contributed by atoms with E-state index in [0.717, 1.165) is 44.5 Å². The highest BCUT2D eigenvalue weighted by Crippen LogP contribution is 2.39. The molecule has 2 aliphatic rings. The van der Waals surface area contributed by atoms with Gasteiger partial charge < -0.3 is 10.6 Å². The lowest BCUT2D eigenvalue weighted by Gasteiger charge is -2.37. The number of hydrogen-bond donors (Lipinski definition) is 2. The summed E-state index contributed by atoms with van der Waals surface area (Å²) in [5.41, 5.74) is 7.30. The van der Waals surface area contributed by atoms with Crippen LogP contribution in [0.15, 0.2) is 6.07 Å². The zero-order valence-corrected chi connectivity index (χ0v) is 13.2. The predicted octanol–water partition coefficient (Wildman–Crippen LogP) is 1.57. The van der Waals surface area contributed by atoms with Gasteiger partial charge in [-0.25, -0.2) is 0 Å². The number of nitrogens with two attached hydrogens (primary N) is 1. The van der Waals surface area contributed by atoms with Crippen LogP contribution in [-0.2, 0) is 0 Å². The summed E-state index contributed by atoms with van der Waals surface area (Å²) in [5, 5.41) is 7.65. The fraction of sp³-hybridized carbons (Fsp3) is 0.786. The van der Waals surface area contributed by atoms with E-state index in [1.807, 2.05) is 0 Å². The zero-order chi connectivity index (χ0) is 13.5. The van der Waals surface area contributed by atoms with Gasteiger partial charge in [0.05, 0.1) is 0 Å². The van der Waals surface area contributed by atoms with Crippen LogP contribution in [0.4, 0.5) is 5.82 Å². The minimum absolute atomic E-state index is 0. The molecule has 3 rings (SSSR count). The van der Waals surface area contributed by atoms with Crippen molar-refractivity contribution < 1.29 is 0 Å². The molecule has 3 N–H and O–H groups in total. The Hall–Kier alpha value is -0.780. The van der Waals surface area contributed by atoms with Gasteiger partial charge in [-0.15, -0.1) is 12.4 Å². The van der Waals surface area contributed by atoms with E-state index in [2.05, 4.69) is 39.9 Å². The Balaban J connectivity index is 0.00000147. The first-order valence-corrected chi connectivity index (χ1v) is 7.33. The van der Waals surface area contributed by atoms with Crippen molar-refractivity contribution in [3.63, 3.8) is 0 Å². The molecular formula is C14H26ClN5. The normalized spacial score (nSPS) is 20.9. The molecule has 6 heteroatoms. The van der Waals surface area contributed by atoms with E-state index in [0.29, 0.717) is 0 Å². The van der Waals surface area contributed by atoms with Crippen LogP contribution in [0.5, 0.6) is 0 Å². The van der Waals surface area contributed by atoms with Crippen LogP contribution in [-0.4, -0.2) is 53.4 Å². The molecule has 1 aromatic heterocycles. The lowest BCUT2D eigenvalue weighted by molar-refractivity contribution is 0.214. The average molecular weight is 300 g/mol. The maximum atomic E-state index is 6.08. The Bertz CT molecular complexity index is 427. The second kappa shape index (κ2) is 5.92. The Morgan fingerprint density at radius 2 is 1.95 bits per heavy atom. The number of aromatic nitrogens is 2. The molecule has 1 aliphatic heterocycles. The molecule has 5 nitrogen and oxygen atoms in total. The first-order chi connectivity index (χ1) is 9.01. The molecule has 0 atom stereocenters. The van der Waals surface area contributed by atoms with Crippen LogP contribution in [0, 0.1) is 0 Å². The fourth-order valence-corrected chi connectivity index (χ4v) is 2.80. The largest absolute Gasteiger partial charge is 0.353 e. The van der Waals surface area contributed by atoms with Crippen LogP contribution < -0.4 is 10.6 Å². The summed E-state index contributed by atoms with van der Waals surface area (Å²) in [4.78, 5) is 4.83. The van der Waals surface area contributed by atoms with Gasteiger partial charge in [-0.3, -0.25) is 10.00 Å². The summed E-state index contributed by atoms with van der Waals surface area (Å²) < 4.78 is 0.